The summed E-state index contributed by atoms with van der Waals surface area (Å²) in [4.78, 5) is 54.0. The number of benzene rings is 2. The number of amides is 2. The second kappa shape index (κ2) is 9.57. The van der Waals surface area contributed by atoms with Gasteiger partial charge in [0.2, 0.25) is 11.8 Å². The van der Waals surface area contributed by atoms with E-state index in [1.807, 2.05) is 24.3 Å². The largest absolute Gasteiger partial charge is 0.465 e. The molecule has 2 aliphatic rings. The van der Waals surface area contributed by atoms with Crippen LogP contribution in [0.3, 0.4) is 0 Å². The molecule has 1 fully saturated rings. The first-order valence-corrected chi connectivity index (χ1v) is 13.6. The second-order valence-corrected chi connectivity index (χ2v) is 11.5. The van der Waals surface area contributed by atoms with E-state index in [4.69, 9.17) is 16.3 Å². The smallest absolute Gasteiger partial charge is 0.326 e. The van der Waals surface area contributed by atoms with Crippen LogP contribution in [0.15, 0.2) is 62.8 Å². The highest BCUT2D eigenvalue weighted by atomic mass is 79.9. The molecule has 0 aliphatic carbocycles. The Morgan fingerprint density at radius 3 is 2.40 bits per heavy atom. The van der Waals surface area contributed by atoms with Gasteiger partial charge in [0, 0.05) is 20.3 Å². The minimum atomic E-state index is -0.748. The molecule has 1 aromatic heterocycles. The highest BCUT2D eigenvalue weighted by Gasteiger charge is 2.56. The van der Waals surface area contributed by atoms with Gasteiger partial charge in [0.25, 0.3) is 0 Å². The van der Waals surface area contributed by atoms with Gasteiger partial charge in [-0.3, -0.25) is 23.7 Å². The number of carbonyl (C=O) groups is 3. The Morgan fingerprint density at radius 2 is 1.74 bits per heavy atom. The van der Waals surface area contributed by atoms with Crippen LogP contribution in [0.5, 0.6) is 0 Å². The average Bonchev–Trinajstić information content (AvgIpc) is 3.27. The Kier molecular flexibility index (Phi) is 6.65. The number of esters is 1. The van der Waals surface area contributed by atoms with Gasteiger partial charge >= 0.3 is 10.8 Å². The second-order valence-electron chi connectivity index (χ2n) is 8.01. The molecule has 2 aromatic carbocycles. The third-order valence-electron chi connectivity index (χ3n) is 5.96. The number of imide groups is 1. The Morgan fingerprint density at radius 1 is 1.06 bits per heavy atom. The summed E-state index contributed by atoms with van der Waals surface area (Å²) in [5, 5.41) is 0.278. The highest BCUT2D eigenvalue weighted by Crippen LogP contribution is 2.53. The van der Waals surface area contributed by atoms with Gasteiger partial charge in [-0.05, 0) is 48.9 Å². The average molecular weight is 594 g/mol. The fraction of sp³-hybridized carbons (Fsp3) is 0.250. The minimum absolute atomic E-state index is 0.197. The minimum Gasteiger partial charge on any atom is -0.465 e. The summed E-state index contributed by atoms with van der Waals surface area (Å²) in [5.74, 6) is -2.44. The molecule has 3 atom stereocenters. The van der Waals surface area contributed by atoms with Crippen LogP contribution < -0.4 is 9.77 Å². The molecule has 2 aliphatic heterocycles. The monoisotopic (exact) mass is 592 g/mol. The van der Waals surface area contributed by atoms with Crippen molar-refractivity contribution in [1.29, 1.82) is 0 Å². The summed E-state index contributed by atoms with van der Waals surface area (Å²) in [7, 11) is 0. The van der Waals surface area contributed by atoms with E-state index in [-0.39, 0.29) is 29.8 Å². The molecule has 0 spiro atoms. The van der Waals surface area contributed by atoms with Gasteiger partial charge in [-0.15, -0.1) is 0 Å². The van der Waals surface area contributed by atoms with Gasteiger partial charge < -0.3 is 4.74 Å². The SMILES string of the molecule is CCOC(=O)Cn1c2c(sc1=O)C(c1ccc(Br)cc1)C1C(=O)N(c3ccc(Cl)cc3)C(=O)C1S2. The van der Waals surface area contributed by atoms with Crippen molar-refractivity contribution in [3.05, 3.63) is 78.1 Å². The zero-order valence-electron chi connectivity index (χ0n) is 18.3. The predicted molar refractivity (Wildman–Crippen MR) is 138 cm³/mol. The number of ether oxygens (including phenoxy) is 1. The van der Waals surface area contributed by atoms with Crippen molar-refractivity contribution in [2.24, 2.45) is 5.92 Å². The maximum atomic E-state index is 13.7. The number of halogens is 2. The molecule has 1 saturated heterocycles. The molecule has 11 heteroatoms. The Bertz CT molecular complexity index is 1390. The molecule has 3 unspecified atom stereocenters. The van der Waals surface area contributed by atoms with Gasteiger partial charge in [-0.2, -0.15) is 0 Å². The van der Waals surface area contributed by atoms with Gasteiger partial charge in [0.15, 0.2) is 0 Å². The first-order chi connectivity index (χ1) is 16.8. The molecule has 2 amide bonds. The Hall–Kier alpha value is -2.40. The summed E-state index contributed by atoms with van der Waals surface area (Å²) in [6.07, 6.45) is 0. The van der Waals surface area contributed by atoms with E-state index in [9.17, 15) is 19.2 Å². The number of hydrogen-bond acceptors (Lipinski definition) is 7. The molecule has 7 nitrogen and oxygen atoms in total. The van der Waals surface area contributed by atoms with Crippen molar-refractivity contribution in [2.45, 2.75) is 29.7 Å². The number of carbonyl (C=O) groups excluding carboxylic acids is 3. The zero-order valence-corrected chi connectivity index (χ0v) is 22.2. The van der Waals surface area contributed by atoms with E-state index in [2.05, 4.69) is 15.9 Å². The number of aromatic nitrogens is 1. The molecule has 0 bridgehead atoms. The molecule has 0 saturated carbocycles. The van der Waals surface area contributed by atoms with Crippen LogP contribution in [-0.2, 0) is 25.7 Å². The lowest BCUT2D eigenvalue weighted by Gasteiger charge is -2.30. The maximum Gasteiger partial charge on any atom is 0.326 e. The van der Waals surface area contributed by atoms with Gasteiger partial charge in [0.05, 0.1) is 23.2 Å². The lowest BCUT2D eigenvalue weighted by molar-refractivity contribution is -0.144. The number of anilines is 1. The third kappa shape index (κ3) is 4.26. The number of rotatable bonds is 5. The van der Waals surface area contributed by atoms with E-state index < -0.39 is 23.1 Å². The van der Waals surface area contributed by atoms with E-state index in [1.54, 1.807) is 31.2 Å². The van der Waals surface area contributed by atoms with Gasteiger partial charge in [0.1, 0.15) is 11.8 Å². The standard InChI is InChI=1S/C24H18BrClN2O5S2/c1-2-33-16(29)11-27-23-20(35-24(27)32)17(12-3-5-13(25)6-4-12)18-19(34-23)22(31)28(21(18)30)15-9-7-14(26)8-10-15/h3-10,17-19H,2,11H2,1H3. The summed E-state index contributed by atoms with van der Waals surface area (Å²) in [6.45, 7) is 1.64. The van der Waals surface area contributed by atoms with Crippen molar-refractivity contribution >= 4 is 74.1 Å². The molecule has 35 heavy (non-hydrogen) atoms. The molecular formula is C24H18BrClN2O5S2. The first-order valence-electron chi connectivity index (χ1n) is 10.7. The fourth-order valence-corrected chi connectivity index (χ4v) is 7.63. The van der Waals surface area contributed by atoms with E-state index >= 15 is 0 Å². The van der Waals surface area contributed by atoms with Crippen molar-refractivity contribution in [2.75, 3.05) is 11.5 Å². The molecular weight excluding hydrogens is 576 g/mol. The van der Waals surface area contributed by atoms with E-state index in [1.165, 1.54) is 21.2 Å². The molecule has 3 heterocycles. The Balaban J connectivity index is 1.64. The fourth-order valence-electron chi connectivity index (χ4n) is 4.46. The van der Waals surface area contributed by atoms with Crippen LogP contribution in [0.25, 0.3) is 0 Å². The summed E-state index contributed by atoms with van der Waals surface area (Å²) < 4.78 is 7.27. The molecule has 0 radical (unpaired) electrons. The number of thiazole rings is 1. The zero-order chi connectivity index (χ0) is 24.9. The van der Waals surface area contributed by atoms with Crippen LogP contribution in [0.2, 0.25) is 5.02 Å². The number of hydrogen-bond donors (Lipinski definition) is 0. The normalized spacial score (nSPS) is 21.1. The summed E-state index contributed by atoms with van der Waals surface area (Å²) >= 11 is 11.6. The van der Waals surface area contributed by atoms with Crippen LogP contribution in [0.4, 0.5) is 5.69 Å². The van der Waals surface area contributed by atoms with E-state index in [0.29, 0.717) is 20.6 Å². The molecule has 5 rings (SSSR count). The van der Waals surface area contributed by atoms with Crippen LogP contribution in [0.1, 0.15) is 23.3 Å². The van der Waals surface area contributed by atoms with Crippen LogP contribution >= 0.6 is 50.6 Å². The molecule has 180 valence electrons. The summed E-state index contributed by atoms with van der Waals surface area (Å²) in [6, 6.07) is 14.0. The van der Waals surface area contributed by atoms with Crippen molar-refractivity contribution in [3.63, 3.8) is 0 Å². The van der Waals surface area contributed by atoms with Crippen molar-refractivity contribution in [3.8, 4) is 0 Å². The molecule has 3 aromatic rings. The molecule has 0 N–H and O–H groups in total. The number of thioether (sulfide) groups is 1. The number of fused-ring (bicyclic) bond motifs is 2. The highest BCUT2D eigenvalue weighted by molar-refractivity contribution is 9.10. The van der Waals surface area contributed by atoms with Crippen molar-refractivity contribution in [1.82, 2.24) is 4.57 Å². The van der Waals surface area contributed by atoms with E-state index in [0.717, 1.165) is 21.4 Å². The lowest BCUT2D eigenvalue weighted by Crippen LogP contribution is -2.32. The first kappa shape index (κ1) is 24.3. The predicted octanol–water partition coefficient (Wildman–Crippen LogP) is 4.68. The summed E-state index contributed by atoms with van der Waals surface area (Å²) in [5.41, 5.74) is 1.26. The van der Waals surface area contributed by atoms with Gasteiger partial charge in [-0.1, -0.05) is 62.8 Å². The lowest BCUT2D eigenvalue weighted by atomic mass is 9.83. The van der Waals surface area contributed by atoms with Crippen molar-refractivity contribution < 1.29 is 19.1 Å². The number of nitrogens with zero attached hydrogens (tertiary/aromatic N) is 2. The van der Waals surface area contributed by atoms with Crippen LogP contribution in [-0.4, -0.2) is 34.2 Å². The topological polar surface area (TPSA) is 85.7 Å². The van der Waals surface area contributed by atoms with Gasteiger partial charge in [-0.25, -0.2) is 4.90 Å². The van der Waals surface area contributed by atoms with Crippen LogP contribution in [0, 0.1) is 5.92 Å². The quantitative estimate of drug-likeness (QED) is 0.315. The maximum absolute atomic E-state index is 13.7. The Labute approximate surface area is 222 Å². The third-order valence-corrected chi connectivity index (χ3v) is 9.34.